The molecule has 65 heavy (non-hydrogen) atoms. The third-order valence-electron chi connectivity index (χ3n) is 10.9. The number of aliphatic imine (C=N–C) groups is 2. The molecule has 4 rings (SSSR count). The summed E-state index contributed by atoms with van der Waals surface area (Å²) in [7, 11) is 0. The number of amides is 5. The number of rotatable bonds is 26. The molecule has 0 aliphatic rings. The Balaban J connectivity index is 1.67. The lowest BCUT2D eigenvalue weighted by molar-refractivity contribution is -0.143. The largest absolute Gasteiger partial charge is 0.480 e. The Hall–Kier alpha value is -6.81. The van der Waals surface area contributed by atoms with E-state index in [1.54, 1.807) is 26.2 Å². The normalized spacial score (nSPS) is 14.4. The molecule has 18 N–H and O–H groups in total. The van der Waals surface area contributed by atoms with Crippen LogP contribution in [0, 0.1) is 5.92 Å². The van der Waals surface area contributed by atoms with Crippen LogP contribution in [0.4, 0.5) is 0 Å². The van der Waals surface area contributed by atoms with Crippen LogP contribution in [-0.4, -0.2) is 118 Å². The Labute approximate surface area is 381 Å². The highest BCUT2D eigenvalue weighted by molar-refractivity contribution is 7.80. The molecule has 21 nitrogen and oxygen atoms in total. The fraction of sp³-hybridized carbons (Fsp3) is 0.442. The summed E-state index contributed by atoms with van der Waals surface area (Å²) in [5.41, 5.74) is 30.9. The average Bonchev–Trinajstić information content (AvgIpc) is 3.89. The van der Waals surface area contributed by atoms with Crippen LogP contribution in [-0.2, 0) is 41.6 Å². The molecule has 352 valence electrons. The highest BCUT2D eigenvalue weighted by Crippen LogP contribution is 2.22. The second kappa shape index (κ2) is 24.9. The minimum atomic E-state index is -1.34. The first-order valence-electron chi connectivity index (χ1n) is 21.3. The van der Waals surface area contributed by atoms with Crippen LogP contribution in [0.5, 0.6) is 0 Å². The molecule has 2 aromatic carbocycles. The lowest BCUT2D eigenvalue weighted by Gasteiger charge is -2.27. The molecular weight excluding hydrogens is 857 g/mol. The first-order valence-corrected chi connectivity index (χ1v) is 22.0. The number of aromatic amines is 2. The van der Waals surface area contributed by atoms with Gasteiger partial charge in [0.2, 0.25) is 29.5 Å². The number of hydrogen-bond donors (Lipinski definition) is 14. The number of para-hydroxylation sites is 2. The van der Waals surface area contributed by atoms with Crippen molar-refractivity contribution >= 4 is 81.9 Å². The van der Waals surface area contributed by atoms with E-state index in [9.17, 15) is 33.9 Å². The molecule has 2 heterocycles. The van der Waals surface area contributed by atoms with Crippen molar-refractivity contribution in [3.05, 3.63) is 72.1 Å². The Morgan fingerprint density at radius 2 is 1.08 bits per heavy atom. The van der Waals surface area contributed by atoms with E-state index >= 15 is 0 Å². The van der Waals surface area contributed by atoms with E-state index in [1.807, 2.05) is 48.5 Å². The van der Waals surface area contributed by atoms with Crippen LogP contribution in [0.3, 0.4) is 0 Å². The summed E-state index contributed by atoms with van der Waals surface area (Å²) in [6.07, 6.45) is 4.64. The summed E-state index contributed by atoms with van der Waals surface area (Å²) >= 11 is 4.29. The minimum Gasteiger partial charge on any atom is -0.480 e. The van der Waals surface area contributed by atoms with Crippen LogP contribution in [0.1, 0.15) is 57.1 Å². The number of guanidine groups is 2. The van der Waals surface area contributed by atoms with Gasteiger partial charge in [-0.3, -0.25) is 34.0 Å². The Morgan fingerprint density at radius 1 is 0.646 bits per heavy atom. The lowest BCUT2D eigenvalue weighted by Crippen LogP contribution is -2.60. The highest BCUT2D eigenvalue weighted by Gasteiger charge is 2.34. The number of carbonyl (C=O) groups is 6. The first kappa shape index (κ1) is 50.8. The SMILES string of the molecule is CC[C@H](C)[C@H](NC(=O)[C@H](CS)NC(=O)[C@H](Cc1c[nH]c2ccccc12)NC(=O)[C@H](Cc1c[nH]c2ccccc12)NC(=O)[C@H](CCCN=C(N)N)NC(=O)[C@@H](N)CCCN=C(N)N)C(=O)O. The number of nitrogens with zero attached hydrogens (tertiary/aromatic N) is 2. The summed E-state index contributed by atoms with van der Waals surface area (Å²) in [5.74, 6) is -5.79. The third-order valence-corrected chi connectivity index (χ3v) is 11.3. The smallest absolute Gasteiger partial charge is 0.326 e. The number of thiol groups is 1. The number of nitrogens with two attached hydrogens (primary N) is 5. The van der Waals surface area contributed by atoms with E-state index in [0.29, 0.717) is 24.0 Å². The molecule has 22 heteroatoms. The van der Waals surface area contributed by atoms with Gasteiger partial charge in [0.1, 0.15) is 30.2 Å². The Bertz CT molecular complexity index is 2320. The predicted octanol–water partition coefficient (Wildman–Crippen LogP) is -0.647. The van der Waals surface area contributed by atoms with Crippen molar-refractivity contribution in [2.75, 3.05) is 18.8 Å². The molecule has 0 spiro atoms. The number of fused-ring (bicyclic) bond motifs is 2. The summed E-state index contributed by atoms with van der Waals surface area (Å²) in [4.78, 5) is 96.3. The van der Waals surface area contributed by atoms with Crippen molar-refractivity contribution in [3.63, 3.8) is 0 Å². The number of hydrogen-bond acceptors (Lipinski definition) is 10. The molecule has 0 saturated carbocycles. The molecule has 4 aromatic rings. The lowest BCUT2D eigenvalue weighted by atomic mass is 9.99. The van der Waals surface area contributed by atoms with Gasteiger partial charge < -0.3 is 70.3 Å². The number of benzene rings is 2. The number of carboxylic acid groups (broad SMARTS) is 1. The summed E-state index contributed by atoms with van der Waals surface area (Å²) in [6.45, 7) is 3.85. The van der Waals surface area contributed by atoms with Gasteiger partial charge >= 0.3 is 5.97 Å². The number of carboxylic acids is 1. The third kappa shape index (κ3) is 15.2. The second-order valence-electron chi connectivity index (χ2n) is 15.8. The van der Waals surface area contributed by atoms with E-state index in [4.69, 9.17) is 28.7 Å². The summed E-state index contributed by atoms with van der Waals surface area (Å²) in [6, 6.07) is 7.31. The molecule has 0 aliphatic carbocycles. The average molecular weight is 919 g/mol. The zero-order valence-electron chi connectivity index (χ0n) is 36.5. The molecule has 5 amide bonds. The quantitative estimate of drug-likeness (QED) is 0.0162. The van der Waals surface area contributed by atoms with Gasteiger partial charge in [0.25, 0.3) is 0 Å². The number of aliphatic carboxylic acids is 1. The van der Waals surface area contributed by atoms with Gasteiger partial charge in [-0.05, 0) is 54.9 Å². The van der Waals surface area contributed by atoms with Gasteiger partial charge in [-0.1, -0.05) is 56.7 Å². The zero-order chi connectivity index (χ0) is 47.6. The number of nitrogens with one attached hydrogen (secondary N) is 7. The number of H-pyrrole nitrogens is 2. The van der Waals surface area contributed by atoms with Gasteiger partial charge in [-0.25, -0.2) is 4.79 Å². The van der Waals surface area contributed by atoms with Crippen LogP contribution < -0.4 is 55.3 Å². The van der Waals surface area contributed by atoms with E-state index in [0.717, 1.165) is 21.8 Å². The molecule has 0 fully saturated rings. The maximum absolute atomic E-state index is 14.7. The van der Waals surface area contributed by atoms with E-state index < -0.39 is 77.7 Å². The molecule has 0 unspecified atom stereocenters. The molecule has 2 aromatic heterocycles. The van der Waals surface area contributed by atoms with Crippen LogP contribution in [0.2, 0.25) is 0 Å². The predicted molar refractivity (Wildman–Crippen MR) is 252 cm³/mol. The van der Waals surface area contributed by atoms with E-state index in [1.165, 1.54) is 0 Å². The molecule has 0 bridgehead atoms. The van der Waals surface area contributed by atoms with Crippen molar-refractivity contribution in [2.24, 2.45) is 44.6 Å². The maximum atomic E-state index is 14.7. The molecular formula is C43H62N14O7S. The van der Waals surface area contributed by atoms with Crippen molar-refractivity contribution in [1.82, 2.24) is 36.6 Å². The van der Waals surface area contributed by atoms with Crippen molar-refractivity contribution < 1.29 is 33.9 Å². The monoisotopic (exact) mass is 918 g/mol. The van der Waals surface area contributed by atoms with Gasteiger partial charge in [0, 0.05) is 65.9 Å². The first-order chi connectivity index (χ1) is 31.0. The van der Waals surface area contributed by atoms with Crippen LogP contribution in [0.15, 0.2) is 70.9 Å². The Kier molecular flexibility index (Phi) is 19.5. The highest BCUT2D eigenvalue weighted by atomic mass is 32.1. The topological polar surface area (TPSA) is 369 Å². The molecule has 0 radical (unpaired) electrons. The standard InChI is InChI=1S/C43H62N14O7S/c1-3-23(2)35(41(63)64)57-40(62)34(22-65)56-39(61)33(19-25-21-52-30-14-7-5-11-27(25)30)55-38(60)32(18-24-20-51-29-13-6-4-10-26(24)29)54-37(59)31(15-9-17-50-43(47)48)53-36(58)28(44)12-8-16-49-42(45)46/h4-7,10-11,13-14,20-21,23,28,31-35,51-52,65H,3,8-9,12,15-19,22,44H2,1-2H3,(H,53,58)(H,54,59)(H,55,60)(H,56,61)(H,57,62)(H,63,64)(H4,45,46,49)(H4,47,48,50)/t23-,28-,31-,32-,33-,34-,35-/m0/s1. The molecule has 0 aliphatic heterocycles. The van der Waals surface area contributed by atoms with Crippen molar-refractivity contribution in [2.45, 2.75) is 95.0 Å². The van der Waals surface area contributed by atoms with Gasteiger partial charge in [-0.15, -0.1) is 0 Å². The second-order valence-corrected chi connectivity index (χ2v) is 16.1. The zero-order valence-corrected chi connectivity index (χ0v) is 37.4. The summed E-state index contributed by atoms with van der Waals surface area (Å²) < 4.78 is 0. The van der Waals surface area contributed by atoms with Crippen molar-refractivity contribution in [3.8, 4) is 0 Å². The van der Waals surface area contributed by atoms with Crippen molar-refractivity contribution in [1.29, 1.82) is 0 Å². The summed E-state index contributed by atoms with van der Waals surface area (Å²) in [5, 5.41) is 24.9. The van der Waals surface area contributed by atoms with E-state index in [-0.39, 0.29) is 62.9 Å². The number of aromatic nitrogens is 2. The fourth-order valence-corrected chi connectivity index (χ4v) is 7.37. The number of carbonyl (C=O) groups excluding carboxylic acids is 5. The molecule has 0 saturated heterocycles. The minimum absolute atomic E-state index is 0.0506. The maximum Gasteiger partial charge on any atom is 0.326 e. The van der Waals surface area contributed by atoms with Crippen LogP contribution >= 0.6 is 12.6 Å². The van der Waals surface area contributed by atoms with Gasteiger partial charge in [-0.2, -0.15) is 12.6 Å². The fourth-order valence-electron chi connectivity index (χ4n) is 7.11. The Morgan fingerprint density at radius 3 is 1.54 bits per heavy atom. The van der Waals surface area contributed by atoms with E-state index in [2.05, 4.69) is 59.2 Å². The van der Waals surface area contributed by atoms with Gasteiger partial charge in [0.05, 0.1) is 6.04 Å². The van der Waals surface area contributed by atoms with Gasteiger partial charge in [0.15, 0.2) is 11.9 Å². The molecule has 7 atom stereocenters. The van der Waals surface area contributed by atoms with Crippen LogP contribution in [0.25, 0.3) is 21.8 Å².